The average molecular weight is 306 g/mol. The lowest BCUT2D eigenvalue weighted by Crippen LogP contribution is -2.37. The van der Waals surface area contributed by atoms with Gasteiger partial charge in [-0.15, -0.1) is 0 Å². The molecule has 0 aliphatic rings. The molecule has 1 N–H and O–H groups in total. The highest BCUT2D eigenvalue weighted by atomic mass is 35.5. The van der Waals surface area contributed by atoms with Gasteiger partial charge in [0.05, 0.1) is 23.5 Å². The average Bonchev–Trinajstić information content (AvgIpc) is 2.71. The summed E-state index contributed by atoms with van der Waals surface area (Å²) in [4.78, 5) is 0. The van der Waals surface area contributed by atoms with Gasteiger partial charge in [0.25, 0.3) is 0 Å². The molecule has 3 nitrogen and oxygen atoms in total. The van der Waals surface area contributed by atoms with Gasteiger partial charge < -0.3 is 5.32 Å². The molecule has 2 rings (SSSR count). The van der Waals surface area contributed by atoms with Crippen LogP contribution in [0.2, 0.25) is 5.02 Å². The molecule has 0 saturated carbocycles. The summed E-state index contributed by atoms with van der Waals surface area (Å²) in [5.74, 6) is 0. The standard InChI is InChI=1S/C17H24ClN3/c1-13-16(18)11-20-21(13)12-15-7-5-14(6-8-15)9-10-19-17(2,3)4/h5-8,11,19H,9-10,12H2,1-4H3. The van der Waals surface area contributed by atoms with Crippen LogP contribution in [0.3, 0.4) is 0 Å². The molecule has 0 saturated heterocycles. The highest BCUT2D eigenvalue weighted by Crippen LogP contribution is 2.15. The van der Waals surface area contributed by atoms with Gasteiger partial charge in [-0.1, -0.05) is 35.9 Å². The number of nitrogens with one attached hydrogen (secondary N) is 1. The van der Waals surface area contributed by atoms with Crippen molar-refractivity contribution in [2.75, 3.05) is 6.54 Å². The first-order valence-corrected chi connectivity index (χ1v) is 7.74. The van der Waals surface area contributed by atoms with E-state index in [0.717, 1.165) is 30.2 Å². The predicted molar refractivity (Wildman–Crippen MR) is 89.0 cm³/mol. The van der Waals surface area contributed by atoms with Crippen LogP contribution >= 0.6 is 11.6 Å². The van der Waals surface area contributed by atoms with Crippen molar-refractivity contribution in [2.24, 2.45) is 0 Å². The van der Waals surface area contributed by atoms with E-state index in [-0.39, 0.29) is 5.54 Å². The van der Waals surface area contributed by atoms with E-state index in [9.17, 15) is 0 Å². The van der Waals surface area contributed by atoms with Crippen LogP contribution in [-0.2, 0) is 13.0 Å². The van der Waals surface area contributed by atoms with Crippen molar-refractivity contribution >= 4 is 11.6 Å². The molecular weight excluding hydrogens is 282 g/mol. The molecule has 0 unspecified atom stereocenters. The van der Waals surface area contributed by atoms with Crippen molar-refractivity contribution in [1.82, 2.24) is 15.1 Å². The number of hydrogen-bond donors (Lipinski definition) is 1. The van der Waals surface area contributed by atoms with Crippen LogP contribution in [0, 0.1) is 6.92 Å². The van der Waals surface area contributed by atoms with Gasteiger partial charge in [-0.2, -0.15) is 5.10 Å². The van der Waals surface area contributed by atoms with E-state index in [1.54, 1.807) is 6.20 Å². The lowest BCUT2D eigenvalue weighted by molar-refractivity contribution is 0.429. The highest BCUT2D eigenvalue weighted by molar-refractivity contribution is 6.31. The first-order chi connectivity index (χ1) is 9.85. The number of aromatic nitrogens is 2. The fourth-order valence-electron chi connectivity index (χ4n) is 2.15. The van der Waals surface area contributed by atoms with E-state index >= 15 is 0 Å². The SMILES string of the molecule is Cc1c(Cl)cnn1Cc1ccc(CCNC(C)(C)C)cc1. The van der Waals surface area contributed by atoms with E-state index in [0.29, 0.717) is 0 Å². The molecule has 1 aromatic heterocycles. The summed E-state index contributed by atoms with van der Waals surface area (Å²) in [7, 11) is 0. The Hall–Kier alpha value is -1.32. The van der Waals surface area contributed by atoms with Gasteiger partial charge in [0.15, 0.2) is 0 Å². The molecule has 1 heterocycles. The Balaban J connectivity index is 1.91. The van der Waals surface area contributed by atoms with Crippen LogP contribution in [0.4, 0.5) is 0 Å². The minimum absolute atomic E-state index is 0.177. The summed E-state index contributed by atoms with van der Waals surface area (Å²) in [5, 5.41) is 8.51. The normalized spacial score (nSPS) is 11.9. The van der Waals surface area contributed by atoms with Crippen LogP contribution < -0.4 is 5.32 Å². The molecule has 0 aliphatic carbocycles. The number of benzene rings is 1. The maximum Gasteiger partial charge on any atom is 0.0815 e. The van der Waals surface area contributed by atoms with E-state index in [2.05, 4.69) is 55.5 Å². The molecule has 0 bridgehead atoms. The topological polar surface area (TPSA) is 29.9 Å². The molecule has 0 aliphatic heterocycles. The maximum absolute atomic E-state index is 6.02. The summed E-state index contributed by atoms with van der Waals surface area (Å²) in [5.41, 5.74) is 3.78. The first-order valence-electron chi connectivity index (χ1n) is 7.36. The molecule has 1 aromatic carbocycles. The molecule has 0 fully saturated rings. The zero-order chi connectivity index (χ0) is 15.5. The second kappa shape index (κ2) is 6.63. The fourth-order valence-corrected chi connectivity index (χ4v) is 2.29. The van der Waals surface area contributed by atoms with Crippen LogP contribution in [0.1, 0.15) is 37.6 Å². The molecule has 2 aromatic rings. The van der Waals surface area contributed by atoms with Crippen molar-refractivity contribution in [1.29, 1.82) is 0 Å². The Labute approximate surface area is 132 Å². The number of nitrogens with zero attached hydrogens (tertiary/aromatic N) is 2. The van der Waals surface area contributed by atoms with Crippen molar-refractivity contribution in [3.63, 3.8) is 0 Å². The maximum atomic E-state index is 6.02. The van der Waals surface area contributed by atoms with Gasteiger partial charge in [-0.25, -0.2) is 0 Å². The largest absolute Gasteiger partial charge is 0.312 e. The molecule has 0 spiro atoms. The van der Waals surface area contributed by atoms with Gasteiger partial charge in [-0.05, 0) is 51.8 Å². The second-order valence-corrected chi connectivity index (χ2v) is 6.89. The molecule has 4 heteroatoms. The van der Waals surface area contributed by atoms with Gasteiger partial charge >= 0.3 is 0 Å². The smallest absolute Gasteiger partial charge is 0.0815 e. The Morgan fingerprint density at radius 1 is 1.14 bits per heavy atom. The zero-order valence-electron chi connectivity index (χ0n) is 13.3. The zero-order valence-corrected chi connectivity index (χ0v) is 14.0. The van der Waals surface area contributed by atoms with Crippen LogP contribution in [0.25, 0.3) is 0 Å². The van der Waals surface area contributed by atoms with Gasteiger partial charge in [-0.3, -0.25) is 4.68 Å². The summed E-state index contributed by atoms with van der Waals surface area (Å²) in [6.07, 6.45) is 2.74. The molecule has 0 atom stereocenters. The minimum atomic E-state index is 0.177. The Morgan fingerprint density at radius 2 is 1.76 bits per heavy atom. The Bertz CT molecular complexity index is 579. The number of halogens is 1. The summed E-state index contributed by atoms with van der Waals surface area (Å²) >= 11 is 6.02. The van der Waals surface area contributed by atoms with Gasteiger partial charge in [0.2, 0.25) is 0 Å². The summed E-state index contributed by atoms with van der Waals surface area (Å²) in [6, 6.07) is 8.73. The van der Waals surface area contributed by atoms with Crippen LogP contribution in [0.15, 0.2) is 30.5 Å². The fraction of sp³-hybridized carbons (Fsp3) is 0.471. The van der Waals surface area contributed by atoms with Crippen molar-refractivity contribution in [3.8, 4) is 0 Å². The number of rotatable bonds is 5. The van der Waals surface area contributed by atoms with Gasteiger partial charge in [0.1, 0.15) is 0 Å². The number of hydrogen-bond acceptors (Lipinski definition) is 2. The van der Waals surface area contributed by atoms with E-state index in [1.807, 2.05) is 11.6 Å². The second-order valence-electron chi connectivity index (χ2n) is 6.48. The monoisotopic (exact) mass is 305 g/mol. The van der Waals surface area contributed by atoms with Crippen molar-refractivity contribution in [2.45, 2.75) is 46.2 Å². The summed E-state index contributed by atoms with van der Waals surface area (Å²) < 4.78 is 1.93. The van der Waals surface area contributed by atoms with Gasteiger partial charge in [0, 0.05) is 5.54 Å². The van der Waals surface area contributed by atoms with Crippen LogP contribution in [0.5, 0.6) is 0 Å². The van der Waals surface area contributed by atoms with E-state index < -0.39 is 0 Å². The molecular formula is C17H24ClN3. The lowest BCUT2D eigenvalue weighted by Gasteiger charge is -2.20. The minimum Gasteiger partial charge on any atom is -0.312 e. The highest BCUT2D eigenvalue weighted by Gasteiger charge is 2.08. The third-order valence-electron chi connectivity index (χ3n) is 3.47. The molecule has 0 amide bonds. The molecule has 114 valence electrons. The van der Waals surface area contributed by atoms with Crippen LogP contribution in [-0.4, -0.2) is 21.9 Å². The quantitative estimate of drug-likeness (QED) is 0.910. The first kappa shape index (κ1) is 16.1. The van der Waals surface area contributed by atoms with E-state index in [4.69, 9.17) is 11.6 Å². The molecule has 21 heavy (non-hydrogen) atoms. The predicted octanol–water partition coefficient (Wildman–Crippen LogP) is 3.82. The third kappa shape index (κ3) is 4.87. The Morgan fingerprint density at radius 3 is 2.29 bits per heavy atom. The third-order valence-corrected chi connectivity index (χ3v) is 3.84. The van der Waals surface area contributed by atoms with Crippen molar-refractivity contribution in [3.05, 3.63) is 52.3 Å². The van der Waals surface area contributed by atoms with E-state index in [1.165, 1.54) is 11.1 Å². The van der Waals surface area contributed by atoms with Crippen molar-refractivity contribution < 1.29 is 0 Å². The molecule has 0 radical (unpaired) electrons. The summed E-state index contributed by atoms with van der Waals surface area (Å²) in [6.45, 7) is 10.3. The Kier molecular flexibility index (Phi) is 5.07. The lowest BCUT2D eigenvalue weighted by atomic mass is 10.1.